The van der Waals surface area contributed by atoms with Crippen LogP contribution < -0.4 is 5.32 Å². The lowest BCUT2D eigenvalue weighted by atomic mass is 10.2. The molecule has 3 rings (SSSR count). The molecule has 3 heterocycles. The van der Waals surface area contributed by atoms with Gasteiger partial charge < -0.3 is 14.3 Å². The summed E-state index contributed by atoms with van der Waals surface area (Å²) in [7, 11) is 0. The largest absolute Gasteiger partial charge is 0.444 e. The van der Waals surface area contributed by atoms with Crippen LogP contribution in [0.15, 0.2) is 23.1 Å². The van der Waals surface area contributed by atoms with Crippen LogP contribution in [0.2, 0.25) is 0 Å². The van der Waals surface area contributed by atoms with Gasteiger partial charge >= 0.3 is 0 Å². The van der Waals surface area contributed by atoms with Crippen LogP contribution in [0.25, 0.3) is 0 Å². The van der Waals surface area contributed by atoms with Crippen molar-refractivity contribution in [1.82, 2.24) is 19.9 Å². The summed E-state index contributed by atoms with van der Waals surface area (Å²) in [6.07, 6.45) is 8.89. The molecule has 1 aliphatic rings. The van der Waals surface area contributed by atoms with Crippen molar-refractivity contribution in [3.05, 3.63) is 36.1 Å². The molecular weight excluding hydrogens is 228 g/mol. The highest BCUT2D eigenvalue weighted by Gasteiger charge is 2.20. The normalized spacial score (nSPS) is 19.5. The van der Waals surface area contributed by atoms with Crippen LogP contribution in [-0.4, -0.2) is 21.1 Å². The quantitative estimate of drug-likeness (QED) is 0.895. The Kier molecular flexibility index (Phi) is 3.15. The SMILES string of the molecule is CCc1cnc(Cn2cncc2C2CCCN2)o1. The Morgan fingerprint density at radius 2 is 2.44 bits per heavy atom. The second-order valence-corrected chi connectivity index (χ2v) is 4.67. The highest BCUT2D eigenvalue weighted by Crippen LogP contribution is 2.23. The zero-order valence-electron chi connectivity index (χ0n) is 10.6. The van der Waals surface area contributed by atoms with E-state index in [0.29, 0.717) is 12.6 Å². The van der Waals surface area contributed by atoms with Gasteiger partial charge in [-0.05, 0) is 19.4 Å². The number of aryl methyl sites for hydroxylation is 1. The second-order valence-electron chi connectivity index (χ2n) is 4.67. The molecule has 1 fully saturated rings. The molecule has 5 heteroatoms. The smallest absolute Gasteiger partial charge is 0.214 e. The van der Waals surface area contributed by atoms with Gasteiger partial charge in [0.25, 0.3) is 0 Å². The summed E-state index contributed by atoms with van der Waals surface area (Å²) in [6.45, 7) is 3.82. The van der Waals surface area contributed by atoms with Gasteiger partial charge in [-0.3, -0.25) is 0 Å². The Morgan fingerprint density at radius 1 is 1.50 bits per heavy atom. The van der Waals surface area contributed by atoms with E-state index in [4.69, 9.17) is 4.42 Å². The van der Waals surface area contributed by atoms with Crippen LogP contribution in [-0.2, 0) is 13.0 Å². The first-order valence-electron chi connectivity index (χ1n) is 6.54. The van der Waals surface area contributed by atoms with Gasteiger partial charge in [-0.15, -0.1) is 0 Å². The standard InChI is InChI=1S/C13H18N4O/c1-2-10-6-16-13(18-10)8-17-9-14-7-12(17)11-4-3-5-15-11/h6-7,9,11,15H,2-5,8H2,1H3. The fourth-order valence-electron chi connectivity index (χ4n) is 2.42. The van der Waals surface area contributed by atoms with Gasteiger partial charge in [0.1, 0.15) is 12.3 Å². The van der Waals surface area contributed by atoms with Crippen molar-refractivity contribution in [2.75, 3.05) is 6.54 Å². The van der Waals surface area contributed by atoms with Crippen LogP contribution in [0.3, 0.4) is 0 Å². The van der Waals surface area contributed by atoms with E-state index in [1.54, 1.807) is 6.20 Å². The van der Waals surface area contributed by atoms with Crippen molar-refractivity contribution in [3.8, 4) is 0 Å². The number of aromatic nitrogens is 3. The molecule has 0 aliphatic carbocycles. The predicted molar refractivity (Wildman–Crippen MR) is 67.2 cm³/mol. The van der Waals surface area contributed by atoms with Gasteiger partial charge in [-0.1, -0.05) is 6.92 Å². The molecule has 1 N–H and O–H groups in total. The fraction of sp³-hybridized carbons (Fsp3) is 0.538. The molecule has 18 heavy (non-hydrogen) atoms. The highest BCUT2D eigenvalue weighted by molar-refractivity contribution is 5.08. The fourth-order valence-corrected chi connectivity index (χ4v) is 2.42. The average Bonchev–Trinajstić information content (AvgIpc) is 3.09. The van der Waals surface area contributed by atoms with Crippen LogP contribution in [0.1, 0.15) is 43.2 Å². The van der Waals surface area contributed by atoms with Crippen molar-refractivity contribution in [3.63, 3.8) is 0 Å². The van der Waals surface area contributed by atoms with E-state index in [1.807, 2.05) is 12.5 Å². The molecule has 5 nitrogen and oxygen atoms in total. The summed E-state index contributed by atoms with van der Waals surface area (Å²) in [4.78, 5) is 8.54. The molecular formula is C13H18N4O. The molecule has 2 aromatic heterocycles. The number of hydrogen-bond acceptors (Lipinski definition) is 4. The maximum absolute atomic E-state index is 5.64. The van der Waals surface area contributed by atoms with Gasteiger partial charge in [-0.2, -0.15) is 0 Å². The number of nitrogens with zero attached hydrogens (tertiary/aromatic N) is 3. The molecule has 0 amide bonds. The highest BCUT2D eigenvalue weighted by atomic mass is 16.4. The van der Waals surface area contributed by atoms with E-state index in [1.165, 1.54) is 18.5 Å². The zero-order chi connectivity index (χ0) is 12.4. The summed E-state index contributed by atoms with van der Waals surface area (Å²) >= 11 is 0. The summed E-state index contributed by atoms with van der Waals surface area (Å²) < 4.78 is 7.76. The van der Waals surface area contributed by atoms with E-state index in [9.17, 15) is 0 Å². The van der Waals surface area contributed by atoms with E-state index >= 15 is 0 Å². The topological polar surface area (TPSA) is 55.9 Å². The minimum absolute atomic E-state index is 0.424. The third kappa shape index (κ3) is 2.18. The number of hydrogen-bond donors (Lipinski definition) is 1. The Labute approximate surface area is 106 Å². The van der Waals surface area contributed by atoms with Crippen LogP contribution in [0.4, 0.5) is 0 Å². The van der Waals surface area contributed by atoms with E-state index < -0.39 is 0 Å². The number of oxazole rings is 1. The first-order chi connectivity index (χ1) is 8.86. The minimum atomic E-state index is 0.424. The predicted octanol–water partition coefficient (Wildman–Crippen LogP) is 1.91. The van der Waals surface area contributed by atoms with E-state index in [0.717, 1.165) is 24.6 Å². The van der Waals surface area contributed by atoms with Gasteiger partial charge in [0.15, 0.2) is 0 Å². The van der Waals surface area contributed by atoms with Gasteiger partial charge in [0.2, 0.25) is 5.89 Å². The first-order valence-corrected chi connectivity index (χ1v) is 6.54. The summed E-state index contributed by atoms with van der Waals surface area (Å²) in [5.41, 5.74) is 1.23. The van der Waals surface area contributed by atoms with Crippen molar-refractivity contribution in [2.45, 2.75) is 38.8 Å². The molecule has 2 aromatic rings. The number of rotatable bonds is 4. The maximum Gasteiger partial charge on any atom is 0.214 e. The van der Waals surface area contributed by atoms with Crippen molar-refractivity contribution < 1.29 is 4.42 Å². The Hall–Kier alpha value is -1.62. The summed E-state index contributed by atoms with van der Waals surface area (Å²) in [5.74, 6) is 1.69. The molecule has 1 unspecified atom stereocenters. The van der Waals surface area contributed by atoms with Crippen LogP contribution >= 0.6 is 0 Å². The Balaban J connectivity index is 1.78. The second kappa shape index (κ2) is 4.94. The lowest BCUT2D eigenvalue weighted by Crippen LogP contribution is -2.17. The Bertz CT molecular complexity index is 511. The number of imidazole rings is 1. The average molecular weight is 246 g/mol. The van der Waals surface area contributed by atoms with Crippen LogP contribution in [0, 0.1) is 0 Å². The van der Waals surface area contributed by atoms with Gasteiger partial charge in [-0.25, -0.2) is 9.97 Å². The summed E-state index contributed by atoms with van der Waals surface area (Å²) in [6, 6.07) is 0.424. The maximum atomic E-state index is 5.64. The molecule has 0 saturated carbocycles. The summed E-state index contributed by atoms with van der Waals surface area (Å²) in [5, 5.41) is 3.49. The molecule has 1 saturated heterocycles. The van der Waals surface area contributed by atoms with Gasteiger partial charge in [0, 0.05) is 18.7 Å². The van der Waals surface area contributed by atoms with Crippen LogP contribution in [0.5, 0.6) is 0 Å². The monoisotopic (exact) mass is 246 g/mol. The zero-order valence-corrected chi connectivity index (χ0v) is 10.6. The minimum Gasteiger partial charge on any atom is -0.444 e. The molecule has 1 atom stereocenters. The van der Waals surface area contributed by atoms with Crippen molar-refractivity contribution >= 4 is 0 Å². The van der Waals surface area contributed by atoms with E-state index in [2.05, 4.69) is 26.8 Å². The van der Waals surface area contributed by atoms with E-state index in [-0.39, 0.29) is 0 Å². The molecule has 1 aliphatic heterocycles. The molecule has 0 aromatic carbocycles. The van der Waals surface area contributed by atoms with Crippen molar-refractivity contribution in [2.24, 2.45) is 0 Å². The van der Waals surface area contributed by atoms with Crippen molar-refractivity contribution in [1.29, 1.82) is 0 Å². The molecule has 0 spiro atoms. The Morgan fingerprint density at radius 3 is 3.17 bits per heavy atom. The lowest BCUT2D eigenvalue weighted by Gasteiger charge is -2.12. The van der Waals surface area contributed by atoms with Gasteiger partial charge in [0.05, 0.1) is 18.2 Å². The number of nitrogens with one attached hydrogen (secondary N) is 1. The third-order valence-electron chi connectivity index (χ3n) is 3.42. The molecule has 96 valence electrons. The first kappa shape index (κ1) is 11.5. The lowest BCUT2D eigenvalue weighted by molar-refractivity contribution is 0.439. The molecule has 0 radical (unpaired) electrons. The molecule has 0 bridgehead atoms. The third-order valence-corrected chi connectivity index (χ3v) is 3.42.